The Labute approximate surface area is 114 Å². The van der Waals surface area contributed by atoms with E-state index in [0.29, 0.717) is 19.3 Å². The molecule has 1 aliphatic heterocycles. The van der Waals surface area contributed by atoms with Crippen LogP contribution in [0.1, 0.15) is 25.3 Å². The number of hydrogen-bond donors (Lipinski definition) is 1. The van der Waals surface area contributed by atoms with E-state index in [0.717, 1.165) is 29.7 Å². The number of hydrogen-bond acceptors (Lipinski definition) is 4. The van der Waals surface area contributed by atoms with Crippen LogP contribution < -0.4 is 19.5 Å². The van der Waals surface area contributed by atoms with E-state index in [-0.39, 0.29) is 0 Å². The zero-order valence-electron chi connectivity index (χ0n) is 11.6. The van der Waals surface area contributed by atoms with Crippen LogP contribution in [0.5, 0.6) is 17.2 Å². The van der Waals surface area contributed by atoms with Gasteiger partial charge < -0.3 is 19.5 Å². The summed E-state index contributed by atoms with van der Waals surface area (Å²) in [7, 11) is 1.67. The maximum Gasteiger partial charge on any atom is 0.203 e. The van der Waals surface area contributed by atoms with Gasteiger partial charge in [0, 0.05) is 12.6 Å². The highest BCUT2D eigenvalue weighted by Gasteiger charge is 2.25. The summed E-state index contributed by atoms with van der Waals surface area (Å²) < 4.78 is 16.6. The van der Waals surface area contributed by atoms with Crippen LogP contribution in [0.25, 0.3) is 0 Å². The van der Waals surface area contributed by atoms with Gasteiger partial charge in [-0.15, -0.1) is 0 Å². The van der Waals surface area contributed by atoms with Gasteiger partial charge >= 0.3 is 0 Å². The standard InChI is InChI=1S/C15H21NO3/c1-10-5-12(6-10)16-9-11-7-13(17-2)15-14(8-11)18-3-4-19-15/h7-8,10,12,16H,3-6,9H2,1-2H3. The summed E-state index contributed by atoms with van der Waals surface area (Å²) in [5, 5.41) is 3.57. The van der Waals surface area contributed by atoms with Crippen molar-refractivity contribution in [1.29, 1.82) is 0 Å². The van der Waals surface area contributed by atoms with Crippen molar-refractivity contribution in [1.82, 2.24) is 5.32 Å². The molecule has 0 amide bonds. The maximum absolute atomic E-state index is 5.64. The molecule has 1 N–H and O–H groups in total. The number of methoxy groups -OCH3 is 1. The van der Waals surface area contributed by atoms with Crippen molar-refractivity contribution in [3.05, 3.63) is 17.7 Å². The molecule has 0 unspecified atom stereocenters. The predicted molar refractivity (Wildman–Crippen MR) is 73.0 cm³/mol. The van der Waals surface area contributed by atoms with Crippen LogP contribution in [0.4, 0.5) is 0 Å². The summed E-state index contributed by atoms with van der Waals surface area (Å²) >= 11 is 0. The first-order valence-corrected chi connectivity index (χ1v) is 6.96. The molecule has 19 heavy (non-hydrogen) atoms. The molecule has 3 rings (SSSR count). The molecular weight excluding hydrogens is 242 g/mol. The minimum atomic E-state index is 0.584. The Morgan fingerprint density at radius 3 is 2.79 bits per heavy atom. The van der Waals surface area contributed by atoms with E-state index in [1.54, 1.807) is 7.11 Å². The van der Waals surface area contributed by atoms with Gasteiger partial charge in [-0.3, -0.25) is 0 Å². The third-order valence-corrected chi connectivity index (χ3v) is 3.86. The fourth-order valence-corrected chi connectivity index (χ4v) is 2.76. The Morgan fingerprint density at radius 1 is 1.26 bits per heavy atom. The Morgan fingerprint density at radius 2 is 2.05 bits per heavy atom. The quantitative estimate of drug-likeness (QED) is 0.905. The molecular formula is C15H21NO3. The molecule has 4 heteroatoms. The Bertz CT molecular complexity index is 438. The van der Waals surface area contributed by atoms with Crippen molar-refractivity contribution in [3.8, 4) is 17.2 Å². The van der Waals surface area contributed by atoms with E-state index in [9.17, 15) is 0 Å². The van der Waals surface area contributed by atoms with Gasteiger partial charge in [0.25, 0.3) is 0 Å². The molecule has 4 nitrogen and oxygen atoms in total. The largest absolute Gasteiger partial charge is 0.493 e. The summed E-state index contributed by atoms with van der Waals surface area (Å²) in [4.78, 5) is 0. The Balaban J connectivity index is 1.70. The average Bonchev–Trinajstić information content (AvgIpc) is 2.41. The zero-order valence-corrected chi connectivity index (χ0v) is 11.6. The molecule has 104 valence electrons. The molecule has 1 aromatic carbocycles. The summed E-state index contributed by atoms with van der Waals surface area (Å²) in [6, 6.07) is 4.74. The second-order valence-electron chi connectivity index (χ2n) is 5.48. The fraction of sp³-hybridized carbons (Fsp3) is 0.600. The Hall–Kier alpha value is -1.42. The smallest absolute Gasteiger partial charge is 0.203 e. The number of benzene rings is 1. The molecule has 2 aliphatic rings. The van der Waals surface area contributed by atoms with Crippen molar-refractivity contribution < 1.29 is 14.2 Å². The van der Waals surface area contributed by atoms with Crippen LogP contribution in [0.3, 0.4) is 0 Å². The van der Waals surface area contributed by atoms with Gasteiger partial charge in [0.15, 0.2) is 11.5 Å². The van der Waals surface area contributed by atoms with Crippen LogP contribution in [-0.4, -0.2) is 26.4 Å². The van der Waals surface area contributed by atoms with Gasteiger partial charge in [0.05, 0.1) is 7.11 Å². The summed E-state index contributed by atoms with van der Waals surface area (Å²) in [5.41, 5.74) is 1.18. The van der Waals surface area contributed by atoms with Crippen LogP contribution in [0.15, 0.2) is 12.1 Å². The monoisotopic (exact) mass is 263 g/mol. The third-order valence-electron chi connectivity index (χ3n) is 3.86. The molecule has 0 atom stereocenters. The lowest BCUT2D eigenvalue weighted by Gasteiger charge is -2.33. The highest BCUT2D eigenvalue weighted by Crippen LogP contribution is 2.40. The molecule has 0 aromatic heterocycles. The molecule has 1 aromatic rings. The number of rotatable bonds is 4. The summed E-state index contributed by atoms with van der Waals surface area (Å²) in [6.07, 6.45) is 2.56. The minimum absolute atomic E-state index is 0.584. The second-order valence-corrected chi connectivity index (χ2v) is 5.48. The van der Waals surface area contributed by atoms with Crippen molar-refractivity contribution in [2.24, 2.45) is 5.92 Å². The van der Waals surface area contributed by atoms with Crippen molar-refractivity contribution in [2.75, 3.05) is 20.3 Å². The second kappa shape index (κ2) is 5.29. The molecule has 1 fully saturated rings. The van der Waals surface area contributed by atoms with E-state index in [1.807, 2.05) is 12.1 Å². The first-order valence-electron chi connectivity index (χ1n) is 6.96. The molecule has 0 bridgehead atoms. The van der Waals surface area contributed by atoms with Crippen LogP contribution >= 0.6 is 0 Å². The fourth-order valence-electron chi connectivity index (χ4n) is 2.76. The topological polar surface area (TPSA) is 39.7 Å². The number of fused-ring (bicyclic) bond motifs is 1. The van der Waals surface area contributed by atoms with Crippen LogP contribution in [0.2, 0.25) is 0 Å². The van der Waals surface area contributed by atoms with Gasteiger partial charge in [-0.05, 0) is 36.5 Å². The molecule has 1 heterocycles. The highest BCUT2D eigenvalue weighted by molar-refractivity contribution is 5.54. The molecule has 0 saturated heterocycles. The van der Waals surface area contributed by atoms with Crippen LogP contribution in [-0.2, 0) is 6.54 Å². The summed E-state index contributed by atoms with van der Waals surface area (Å²) in [5.74, 6) is 3.16. The zero-order chi connectivity index (χ0) is 13.2. The lowest BCUT2D eigenvalue weighted by atomic mass is 9.82. The first kappa shape index (κ1) is 12.6. The molecule has 0 radical (unpaired) electrons. The van der Waals surface area contributed by atoms with Gasteiger partial charge in [0.1, 0.15) is 13.2 Å². The number of nitrogens with one attached hydrogen (secondary N) is 1. The van der Waals surface area contributed by atoms with Gasteiger partial charge in [-0.2, -0.15) is 0 Å². The summed E-state index contributed by atoms with van der Waals surface area (Å²) in [6.45, 7) is 4.34. The molecule has 0 spiro atoms. The van der Waals surface area contributed by atoms with Crippen LogP contribution in [0, 0.1) is 5.92 Å². The first-order chi connectivity index (χ1) is 9.26. The highest BCUT2D eigenvalue weighted by atomic mass is 16.6. The van der Waals surface area contributed by atoms with Gasteiger partial charge in [0.2, 0.25) is 5.75 Å². The Kier molecular flexibility index (Phi) is 3.51. The SMILES string of the molecule is COc1cc(CNC2CC(C)C2)cc2c1OCCO2. The van der Waals surface area contributed by atoms with E-state index in [1.165, 1.54) is 18.4 Å². The van der Waals surface area contributed by atoms with Crippen molar-refractivity contribution in [2.45, 2.75) is 32.4 Å². The van der Waals surface area contributed by atoms with E-state index in [2.05, 4.69) is 12.2 Å². The lowest BCUT2D eigenvalue weighted by Crippen LogP contribution is -2.39. The van der Waals surface area contributed by atoms with E-state index >= 15 is 0 Å². The van der Waals surface area contributed by atoms with Gasteiger partial charge in [-0.25, -0.2) is 0 Å². The van der Waals surface area contributed by atoms with Gasteiger partial charge in [-0.1, -0.05) is 6.92 Å². The predicted octanol–water partition coefficient (Wildman–Crippen LogP) is 2.35. The normalized spacial score (nSPS) is 24.7. The number of ether oxygens (including phenoxy) is 3. The molecule has 1 aliphatic carbocycles. The van der Waals surface area contributed by atoms with E-state index in [4.69, 9.17) is 14.2 Å². The maximum atomic E-state index is 5.64. The van der Waals surface area contributed by atoms with Crippen molar-refractivity contribution >= 4 is 0 Å². The van der Waals surface area contributed by atoms with E-state index < -0.39 is 0 Å². The van der Waals surface area contributed by atoms with Crippen molar-refractivity contribution in [3.63, 3.8) is 0 Å². The third kappa shape index (κ3) is 2.63. The average molecular weight is 263 g/mol. The molecule has 1 saturated carbocycles. The lowest BCUT2D eigenvalue weighted by molar-refractivity contribution is 0.164. The minimum Gasteiger partial charge on any atom is -0.493 e.